The van der Waals surface area contributed by atoms with Gasteiger partial charge in [0.05, 0.1) is 47.6 Å². The van der Waals surface area contributed by atoms with Gasteiger partial charge in [0.2, 0.25) is 10.0 Å². The number of anilines is 1. The second kappa shape index (κ2) is 9.89. The van der Waals surface area contributed by atoms with Crippen molar-refractivity contribution in [2.75, 3.05) is 24.6 Å². The van der Waals surface area contributed by atoms with E-state index in [1.165, 1.54) is 29.9 Å². The van der Waals surface area contributed by atoms with Crippen LogP contribution in [0.1, 0.15) is 30.3 Å². The van der Waals surface area contributed by atoms with Crippen molar-refractivity contribution < 1.29 is 17.5 Å². The SMILES string of the molecule is COc1ccc(-n2c(C3CCCN3)nc3c(-c4ccc(NS(C)(=O)=O)cc4)cc(C#N)cc3c2=O)cc1F. The predicted octanol–water partition coefficient (Wildman–Crippen LogP) is 3.87. The highest BCUT2D eigenvalue weighted by atomic mass is 32.2. The Labute approximate surface area is 218 Å². The minimum absolute atomic E-state index is 0.0546. The van der Waals surface area contributed by atoms with Crippen LogP contribution in [-0.4, -0.2) is 37.9 Å². The summed E-state index contributed by atoms with van der Waals surface area (Å²) in [5.41, 5.74) is 2.09. The molecule has 38 heavy (non-hydrogen) atoms. The number of hydrogen-bond acceptors (Lipinski definition) is 7. The smallest absolute Gasteiger partial charge is 0.266 e. The Morgan fingerprint density at radius 3 is 2.55 bits per heavy atom. The molecule has 0 amide bonds. The largest absolute Gasteiger partial charge is 0.494 e. The lowest BCUT2D eigenvalue weighted by atomic mass is 9.99. The molecule has 1 aliphatic rings. The number of nitrogens with zero attached hydrogens (tertiary/aromatic N) is 3. The van der Waals surface area contributed by atoms with Gasteiger partial charge in [-0.15, -0.1) is 0 Å². The molecule has 4 aromatic rings. The molecular formula is C27H24FN5O4S. The molecular weight excluding hydrogens is 509 g/mol. The van der Waals surface area contributed by atoms with Gasteiger partial charge in [0.15, 0.2) is 11.6 Å². The van der Waals surface area contributed by atoms with E-state index in [1.54, 1.807) is 36.4 Å². The van der Waals surface area contributed by atoms with E-state index < -0.39 is 21.4 Å². The fourth-order valence-corrected chi connectivity index (χ4v) is 5.27. The van der Waals surface area contributed by atoms with E-state index in [-0.39, 0.29) is 22.7 Å². The third-order valence-corrected chi connectivity index (χ3v) is 7.00. The second-order valence-electron chi connectivity index (χ2n) is 9.06. The predicted molar refractivity (Wildman–Crippen MR) is 142 cm³/mol. The Morgan fingerprint density at radius 2 is 1.95 bits per heavy atom. The summed E-state index contributed by atoms with van der Waals surface area (Å²) in [6, 6.07) is 15.9. The number of nitrogens with one attached hydrogen (secondary N) is 2. The summed E-state index contributed by atoms with van der Waals surface area (Å²) in [6.07, 6.45) is 2.70. The van der Waals surface area contributed by atoms with Gasteiger partial charge in [-0.2, -0.15) is 5.26 Å². The first kappa shape index (κ1) is 25.4. The van der Waals surface area contributed by atoms with Crippen LogP contribution >= 0.6 is 0 Å². The molecule has 1 aromatic heterocycles. The first-order chi connectivity index (χ1) is 18.2. The molecule has 0 radical (unpaired) electrons. The lowest BCUT2D eigenvalue weighted by molar-refractivity contribution is 0.386. The molecule has 5 rings (SSSR count). The van der Waals surface area contributed by atoms with Crippen molar-refractivity contribution in [3.8, 4) is 28.6 Å². The number of nitriles is 1. The Kier molecular flexibility index (Phi) is 6.60. The normalized spacial score (nSPS) is 15.4. The molecule has 3 aromatic carbocycles. The van der Waals surface area contributed by atoms with E-state index in [9.17, 15) is 22.9 Å². The Balaban J connectivity index is 1.77. The van der Waals surface area contributed by atoms with Gasteiger partial charge in [0, 0.05) is 17.3 Å². The van der Waals surface area contributed by atoms with Gasteiger partial charge in [0.25, 0.3) is 5.56 Å². The number of sulfonamides is 1. The molecule has 1 aliphatic heterocycles. The number of ether oxygens (including phenoxy) is 1. The van der Waals surface area contributed by atoms with E-state index in [0.29, 0.717) is 33.8 Å². The molecule has 9 nitrogen and oxygen atoms in total. The van der Waals surface area contributed by atoms with E-state index in [0.717, 1.165) is 25.6 Å². The molecule has 1 unspecified atom stereocenters. The lowest BCUT2D eigenvalue weighted by Gasteiger charge is -2.20. The summed E-state index contributed by atoms with van der Waals surface area (Å²) in [7, 11) is -2.08. The zero-order chi connectivity index (χ0) is 27.0. The third-order valence-electron chi connectivity index (χ3n) is 6.39. The lowest BCUT2D eigenvalue weighted by Crippen LogP contribution is -2.29. The van der Waals surface area contributed by atoms with Crippen molar-refractivity contribution in [3.63, 3.8) is 0 Å². The van der Waals surface area contributed by atoms with Gasteiger partial charge in [-0.3, -0.25) is 14.1 Å². The number of benzene rings is 3. The molecule has 1 atom stereocenters. The summed E-state index contributed by atoms with van der Waals surface area (Å²) in [6.45, 7) is 0.755. The van der Waals surface area contributed by atoms with Crippen molar-refractivity contribution in [2.45, 2.75) is 18.9 Å². The maximum absolute atomic E-state index is 14.7. The van der Waals surface area contributed by atoms with Crippen LogP contribution in [0.3, 0.4) is 0 Å². The average Bonchev–Trinajstić information content (AvgIpc) is 3.43. The fourth-order valence-electron chi connectivity index (χ4n) is 4.71. The average molecular weight is 534 g/mol. The highest BCUT2D eigenvalue weighted by Gasteiger charge is 2.26. The van der Waals surface area contributed by atoms with E-state index >= 15 is 0 Å². The summed E-state index contributed by atoms with van der Waals surface area (Å²) in [5.74, 6) is -0.124. The quantitative estimate of drug-likeness (QED) is 0.385. The number of rotatable bonds is 6. The van der Waals surface area contributed by atoms with Crippen molar-refractivity contribution in [1.82, 2.24) is 14.9 Å². The van der Waals surface area contributed by atoms with Gasteiger partial charge < -0.3 is 10.1 Å². The van der Waals surface area contributed by atoms with Crippen molar-refractivity contribution in [3.05, 3.63) is 82.2 Å². The minimum atomic E-state index is -3.45. The van der Waals surface area contributed by atoms with Crippen molar-refractivity contribution >= 4 is 26.6 Å². The number of fused-ring (bicyclic) bond motifs is 1. The first-order valence-electron chi connectivity index (χ1n) is 11.8. The molecule has 1 saturated heterocycles. The molecule has 0 aliphatic carbocycles. The maximum Gasteiger partial charge on any atom is 0.266 e. The molecule has 0 spiro atoms. The van der Waals surface area contributed by atoms with Crippen LogP contribution in [0.2, 0.25) is 0 Å². The number of halogens is 1. The van der Waals surface area contributed by atoms with Gasteiger partial charge in [-0.25, -0.2) is 17.8 Å². The third kappa shape index (κ3) is 4.83. The number of aromatic nitrogens is 2. The summed E-state index contributed by atoms with van der Waals surface area (Å²) < 4.78 is 46.7. The zero-order valence-electron chi connectivity index (χ0n) is 20.7. The van der Waals surface area contributed by atoms with Gasteiger partial charge >= 0.3 is 0 Å². The highest BCUT2D eigenvalue weighted by molar-refractivity contribution is 7.92. The van der Waals surface area contributed by atoms with Crippen molar-refractivity contribution in [2.24, 2.45) is 0 Å². The van der Waals surface area contributed by atoms with Crippen LogP contribution in [0.25, 0.3) is 27.7 Å². The van der Waals surface area contributed by atoms with Crippen LogP contribution in [0, 0.1) is 17.1 Å². The van der Waals surface area contributed by atoms with Crippen LogP contribution in [0.15, 0.2) is 59.4 Å². The highest BCUT2D eigenvalue weighted by Crippen LogP contribution is 2.32. The Hall–Kier alpha value is -4.27. The standard InChI is InChI=1S/C27H24FN5O4S/c1-37-24-10-9-19(14-22(24)28)33-26(23-4-3-11-30-23)31-25-20(12-16(15-29)13-21(25)27(33)34)17-5-7-18(8-6-17)32-38(2,35)36/h5-10,12-14,23,30,32H,3-4,11H2,1-2H3. The van der Waals surface area contributed by atoms with Crippen LogP contribution in [0.4, 0.5) is 10.1 Å². The van der Waals surface area contributed by atoms with Crippen LogP contribution in [-0.2, 0) is 10.0 Å². The molecule has 1 fully saturated rings. The second-order valence-corrected chi connectivity index (χ2v) is 10.8. The molecule has 2 heterocycles. The maximum atomic E-state index is 14.7. The monoisotopic (exact) mass is 533 g/mol. The van der Waals surface area contributed by atoms with E-state index in [2.05, 4.69) is 16.1 Å². The van der Waals surface area contributed by atoms with Gasteiger partial charge in [0.1, 0.15) is 5.82 Å². The minimum Gasteiger partial charge on any atom is -0.494 e. The molecule has 194 valence electrons. The zero-order valence-corrected chi connectivity index (χ0v) is 21.5. The van der Waals surface area contributed by atoms with Crippen molar-refractivity contribution in [1.29, 1.82) is 5.26 Å². The molecule has 11 heteroatoms. The van der Waals surface area contributed by atoms with Crippen LogP contribution in [0.5, 0.6) is 5.75 Å². The topological polar surface area (TPSA) is 126 Å². The van der Waals surface area contributed by atoms with Gasteiger partial charge in [-0.05, 0) is 61.3 Å². The molecule has 0 saturated carbocycles. The van der Waals surface area contributed by atoms with E-state index in [1.807, 2.05) is 0 Å². The van der Waals surface area contributed by atoms with Crippen LogP contribution < -0.4 is 20.3 Å². The Bertz CT molecular complexity index is 1760. The summed E-state index contributed by atoms with van der Waals surface area (Å²) in [5, 5.41) is 13.3. The first-order valence-corrected chi connectivity index (χ1v) is 13.7. The fraction of sp³-hybridized carbons (Fsp3) is 0.222. The molecule has 0 bridgehead atoms. The summed E-state index contributed by atoms with van der Waals surface area (Å²) >= 11 is 0. The number of methoxy groups -OCH3 is 1. The Morgan fingerprint density at radius 1 is 1.18 bits per heavy atom. The number of hydrogen-bond donors (Lipinski definition) is 2. The van der Waals surface area contributed by atoms with E-state index in [4.69, 9.17) is 9.72 Å². The summed E-state index contributed by atoms with van der Waals surface area (Å²) in [4.78, 5) is 18.9. The van der Waals surface area contributed by atoms with Gasteiger partial charge in [-0.1, -0.05) is 12.1 Å². The molecule has 2 N–H and O–H groups in total.